The Hall–Kier alpha value is -1.76. The van der Waals surface area contributed by atoms with Crippen LogP contribution < -0.4 is 10.6 Å². The number of carbonyl (C=O) groups excluding carboxylic acids is 1. The molecule has 1 aromatic carbocycles. The Morgan fingerprint density at radius 2 is 1.95 bits per heavy atom. The van der Waals surface area contributed by atoms with E-state index in [1.807, 2.05) is 0 Å². The zero-order valence-corrected chi connectivity index (χ0v) is 10.6. The van der Waals surface area contributed by atoms with E-state index in [1.165, 1.54) is 18.2 Å². The van der Waals surface area contributed by atoms with E-state index < -0.39 is 23.4 Å². The van der Waals surface area contributed by atoms with Gasteiger partial charge in [0, 0.05) is 6.54 Å². The van der Waals surface area contributed by atoms with Crippen LogP contribution >= 0.6 is 0 Å². The lowest BCUT2D eigenvalue weighted by Crippen LogP contribution is -2.48. The molecule has 0 atom stereocenters. The van der Waals surface area contributed by atoms with Gasteiger partial charge in [-0.2, -0.15) is 13.2 Å². The molecule has 3 N–H and O–H groups in total. The SMILES string of the molecule is O=C(NCC1(O)CCC1)Nc1ccccc1C(F)(F)F. The number of hydrogen-bond acceptors (Lipinski definition) is 2. The van der Waals surface area contributed by atoms with E-state index in [0.717, 1.165) is 12.5 Å². The molecule has 0 aliphatic heterocycles. The predicted molar refractivity (Wildman–Crippen MR) is 67.3 cm³/mol. The highest BCUT2D eigenvalue weighted by Gasteiger charge is 2.35. The Balaban J connectivity index is 1.97. The smallest absolute Gasteiger partial charge is 0.388 e. The van der Waals surface area contributed by atoms with E-state index >= 15 is 0 Å². The highest BCUT2D eigenvalue weighted by atomic mass is 19.4. The molecule has 2 rings (SSSR count). The van der Waals surface area contributed by atoms with Crippen molar-refractivity contribution < 1.29 is 23.1 Å². The zero-order chi connectivity index (χ0) is 14.8. The van der Waals surface area contributed by atoms with Crippen LogP contribution in [0.25, 0.3) is 0 Å². The molecule has 0 saturated heterocycles. The number of benzene rings is 1. The molecule has 20 heavy (non-hydrogen) atoms. The van der Waals surface area contributed by atoms with Gasteiger partial charge in [0.25, 0.3) is 0 Å². The van der Waals surface area contributed by atoms with Crippen molar-refractivity contribution in [2.75, 3.05) is 11.9 Å². The Bertz CT molecular complexity index is 499. The summed E-state index contributed by atoms with van der Waals surface area (Å²) < 4.78 is 38.2. The maximum atomic E-state index is 12.7. The summed E-state index contributed by atoms with van der Waals surface area (Å²) in [7, 11) is 0. The topological polar surface area (TPSA) is 61.4 Å². The molecule has 0 radical (unpaired) electrons. The van der Waals surface area contributed by atoms with Gasteiger partial charge in [-0.1, -0.05) is 12.1 Å². The fourth-order valence-corrected chi connectivity index (χ4v) is 2.01. The molecule has 0 bridgehead atoms. The third-order valence-electron chi connectivity index (χ3n) is 3.34. The Labute approximate surface area is 114 Å². The summed E-state index contributed by atoms with van der Waals surface area (Å²) in [5.41, 5.74) is -2.13. The number of alkyl halides is 3. The number of aliphatic hydroxyl groups is 1. The largest absolute Gasteiger partial charge is 0.418 e. The molecule has 1 fully saturated rings. The van der Waals surface area contributed by atoms with Crippen LogP contribution in [-0.2, 0) is 6.18 Å². The second-order valence-corrected chi connectivity index (χ2v) is 4.93. The average Bonchev–Trinajstić information content (AvgIpc) is 2.33. The van der Waals surface area contributed by atoms with E-state index in [1.54, 1.807) is 0 Å². The first-order chi connectivity index (χ1) is 9.30. The van der Waals surface area contributed by atoms with Crippen molar-refractivity contribution in [1.82, 2.24) is 5.32 Å². The fraction of sp³-hybridized carbons (Fsp3) is 0.462. The Morgan fingerprint density at radius 3 is 2.50 bits per heavy atom. The maximum absolute atomic E-state index is 12.7. The molecular weight excluding hydrogens is 273 g/mol. The van der Waals surface area contributed by atoms with Crippen molar-refractivity contribution in [2.45, 2.75) is 31.0 Å². The van der Waals surface area contributed by atoms with Crippen LogP contribution in [-0.4, -0.2) is 23.3 Å². The van der Waals surface area contributed by atoms with E-state index in [0.29, 0.717) is 12.8 Å². The van der Waals surface area contributed by atoms with E-state index in [4.69, 9.17) is 0 Å². The van der Waals surface area contributed by atoms with Gasteiger partial charge in [-0.3, -0.25) is 0 Å². The lowest BCUT2D eigenvalue weighted by atomic mass is 9.80. The van der Waals surface area contributed by atoms with Crippen LogP contribution in [0, 0.1) is 0 Å². The van der Waals surface area contributed by atoms with E-state index in [-0.39, 0.29) is 12.2 Å². The fourth-order valence-electron chi connectivity index (χ4n) is 2.01. The summed E-state index contributed by atoms with van der Waals surface area (Å²) >= 11 is 0. The number of para-hydroxylation sites is 1. The molecule has 0 aromatic heterocycles. The molecule has 1 aliphatic rings. The van der Waals surface area contributed by atoms with Gasteiger partial charge in [0.2, 0.25) is 0 Å². The van der Waals surface area contributed by atoms with Crippen LogP contribution in [0.5, 0.6) is 0 Å². The molecule has 4 nitrogen and oxygen atoms in total. The molecule has 0 spiro atoms. The number of halogens is 3. The molecule has 0 heterocycles. The average molecular weight is 288 g/mol. The van der Waals surface area contributed by atoms with Crippen molar-refractivity contribution >= 4 is 11.7 Å². The van der Waals surface area contributed by atoms with Gasteiger partial charge >= 0.3 is 12.2 Å². The van der Waals surface area contributed by atoms with Gasteiger partial charge in [0.1, 0.15) is 0 Å². The van der Waals surface area contributed by atoms with Crippen LogP contribution in [0.4, 0.5) is 23.7 Å². The number of amides is 2. The maximum Gasteiger partial charge on any atom is 0.418 e. The molecular formula is C13H15F3N2O2. The van der Waals surface area contributed by atoms with Crippen molar-refractivity contribution in [1.29, 1.82) is 0 Å². The third-order valence-corrected chi connectivity index (χ3v) is 3.34. The van der Waals surface area contributed by atoms with Gasteiger partial charge in [-0.05, 0) is 31.4 Å². The molecule has 1 aromatic rings. The zero-order valence-electron chi connectivity index (χ0n) is 10.6. The van der Waals surface area contributed by atoms with Crippen molar-refractivity contribution in [3.05, 3.63) is 29.8 Å². The number of anilines is 1. The highest BCUT2D eigenvalue weighted by Crippen LogP contribution is 2.34. The lowest BCUT2D eigenvalue weighted by molar-refractivity contribution is -0.136. The normalized spacial score (nSPS) is 17.2. The number of urea groups is 1. The Morgan fingerprint density at radius 1 is 1.30 bits per heavy atom. The van der Waals surface area contributed by atoms with Crippen LogP contribution in [0.15, 0.2) is 24.3 Å². The van der Waals surface area contributed by atoms with Crippen molar-refractivity contribution in [2.24, 2.45) is 0 Å². The van der Waals surface area contributed by atoms with E-state index in [9.17, 15) is 23.1 Å². The lowest BCUT2D eigenvalue weighted by Gasteiger charge is -2.36. The van der Waals surface area contributed by atoms with Gasteiger partial charge in [0.05, 0.1) is 16.9 Å². The third kappa shape index (κ3) is 3.41. The molecule has 2 amide bonds. The summed E-state index contributed by atoms with van der Waals surface area (Å²) in [6.07, 6.45) is -2.47. The quantitative estimate of drug-likeness (QED) is 0.801. The van der Waals surface area contributed by atoms with Gasteiger partial charge in [-0.15, -0.1) is 0 Å². The molecule has 7 heteroatoms. The first kappa shape index (κ1) is 14.6. The second-order valence-electron chi connectivity index (χ2n) is 4.93. The Kier molecular flexibility index (Phi) is 3.89. The van der Waals surface area contributed by atoms with Gasteiger partial charge in [-0.25, -0.2) is 4.79 Å². The molecule has 1 saturated carbocycles. The van der Waals surface area contributed by atoms with Gasteiger partial charge in [0.15, 0.2) is 0 Å². The summed E-state index contributed by atoms with van der Waals surface area (Å²) in [5.74, 6) is 0. The van der Waals surface area contributed by atoms with E-state index in [2.05, 4.69) is 10.6 Å². The van der Waals surface area contributed by atoms with Crippen LogP contribution in [0.3, 0.4) is 0 Å². The van der Waals surface area contributed by atoms with Crippen molar-refractivity contribution in [3.8, 4) is 0 Å². The summed E-state index contributed by atoms with van der Waals surface area (Å²) in [4.78, 5) is 11.6. The summed E-state index contributed by atoms with van der Waals surface area (Å²) in [6.45, 7) is 0.0347. The van der Waals surface area contributed by atoms with Crippen LogP contribution in [0.1, 0.15) is 24.8 Å². The monoisotopic (exact) mass is 288 g/mol. The first-order valence-corrected chi connectivity index (χ1v) is 6.24. The summed E-state index contributed by atoms with van der Waals surface area (Å²) in [6, 6.07) is 3.98. The number of carbonyl (C=O) groups is 1. The second kappa shape index (κ2) is 5.32. The minimum absolute atomic E-state index is 0.0347. The first-order valence-electron chi connectivity index (χ1n) is 6.24. The molecule has 1 aliphatic carbocycles. The van der Waals surface area contributed by atoms with Crippen LogP contribution in [0.2, 0.25) is 0 Å². The number of nitrogens with one attached hydrogen (secondary N) is 2. The number of rotatable bonds is 3. The van der Waals surface area contributed by atoms with Gasteiger partial charge < -0.3 is 15.7 Å². The number of hydrogen-bond donors (Lipinski definition) is 3. The molecule has 110 valence electrons. The minimum Gasteiger partial charge on any atom is -0.388 e. The highest BCUT2D eigenvalue weighted by molar-refractivity contribution is 5.90. The summed E-state index contributed by atoms with van der Waals surface area (Å²) in [5, 5.41) is 14.3. The minimum atomic E-state index is -4.53. The molecule has 0 unspecified atom stereocenters. The van der Waals surface area contributed by atoms with Crippen molar-refractivity contribution in [3.63, 3.8) is 0 Å². The predicted octanol–water partition coefficient (Wildman–Crippen LogP) is 2.74. The standard InChI is InChI=1S/C13H15F3N2O2/c14-13(15,16)9-4-1-2-5-10(9)18-11(19)17-8-12(20)6-3-7-12/h1-2,4-5,20H,3,6-8H2,(H2,17,18,19).